The topological polar surface area (TPSA) is 93.8 Å². The number of nitriles is 1. The molecule has 280 valence electrons. The highest BCUT2D eigenvalue weighted by Gasteiger charge is 2.39. The van der Waals surface area contributed by atoms with Crippen molar-refractivity contribution < 1.29 is 24.1 Å². The monoisotopic (exact) mass is 740 g/mol. The van der Waals surface area contributed by atoms with Crippen LogP contribution in [0.3, 0.4) is 0 Å². The highest BCUT2D eigenvalue weighted by molar-refractivity contribution is 5.85. The molecule has 0 aliphatic carbocycles. The Hall–Kier alpha value is -5.98. The molecule has 7 heteroatoms. The summed E-state index contributed by atoms with van der Waals surface area (Å²) >= 11 is 0. The first-order valence-corrected chi connectivity index (χ1v) is 18.8. The molecule has 7 rings (SSSR count). The van der Waals surface area contributed by atoms with Crippen molar-refractivity contribution in [2.45, 2.75) is 50.8 Å². The normalized spacial score (nSPS) is 13.4. The number of fused-ring (bicyclic) bond motifs is 1. The maximum absolute atomic E-state index is 12.2. The third kappa shape index (κ3) is 10.2. The van der Waals surface area contributed by atoms with Crippen LogP contribution >= 0.6 is 0 Å². The van der Waals surface area contributed by atoms with Gasteiger partial charge in [-0.05, 0) is 52.1 Å². The largest absolute Gasteiger partial charge is 0.388 e. The van der Waals surface area contributed by atoms with Crippen molar-refractivity contribution >= 4 is 10.9 Å². The Morgan fingerprint density at radius 2 is 1.02 bits per heavy atom. The van der Waals surface area contributed by atoms with Gasteiger partial charge in [0.25, 0.3) is 0 Å². The molecule has 0 fully saturated rings. The zero-order valence-electron chi connectivity index (χ0n) is 31.1. The van der Waals surface area contributed by atoms with Crippen molar-refractivity contribution in [3.63, 3.8) is 0 Å². The number of hydrogen-bond acceptors (Lipinski definition) is 7. The molecule has 6 aromatic carbocycles. The lowest BCUT2D eigenvalue weighted by Crippen LogP contribution is -2.47. The quantitative estimate of drug-likeness (QED) is 0.0937. The van der Waals surface area contributed by atoms with E-state index in [0.29, 0.717) is 17.9 Å². The SMILES string of the molecule is N#Cc1ccc(-c2cc([C@H](OCc3ccccc3)[C@@H](OCc3ccccc3)[C@H](OCc3ccccc3)[C@H](O)COCc3ccccc3)c3ccccc3n2)cc1. The Bertz CT molecular complexity index is 2280. The van der Waals surface area contributed by atoms with E-state index in [-0.39, 0.29) is 26.4 Å². The van der Waals surface area contributed by atoms with Crippen molar-refractivity contribution in [3.8, 4) is 17.3 Å². The third-order valence-corrected chi connectivity index (χ3v) is 9.61. The Kier molecular flexibility index (Phi) is 13.4. The van der Waals surface area contributed by atoms with Crippen LogP contribution in [0.5, 0.6) is 0 Å². The third-order valence-electron chi connectivity index (χ3n) is 9.61. The molecule has 0 saturated carbocycles. The average molecular weight is 741 g/mol. The molecule has 1 N–H and O–H groups in total. The van der Waals surface area contributed by atoms with Gasteiger partial charge in [-0.2, -0.15) is 5.26 Å². The zero-order chi connectivity index (χ0) is 38.4. The molecule has 1 heterocycles. The van der Waals surface area contributed by atoms with Crippen LogP contribution in [0.1, 0.15) is 39.5 Å². The van der Waals surface area contributed by atoms with E-state index in [1.807, 2.05) is 164 Å². The van der Waals surface area contributed by atoms with Crippen molar-refractivity contribution in [2.24, 2.45) is 0 Å². The van der Waals surface area contributed by atoms with Crippen molar-refractivity contribution in [1.29, 1.82) is 5.26 Å². The number of benzene rings is 6. The van der Waals surface area contributed by atoms with Gasteiger partial charge in [-0.3, -0.25) is 0 Å². The maximum atomic E-state index is 12.2. The molecule has 4 atom stereocenters. The average Bonchev–Trinajstić information content (AvgIpc) is 3.26. The molecule has 0 radical (unpaired) electrons. The van der Waals surface area contributed by atoms with Gasteiger partial charge in [0.05, 0.1) is 55.9 Å². The molecule has 0 bridgehead atoms. The second kappa shape index (κ2) is 19.6. The lowest BCUT2D eigenvalue weighted by atomic mass is 9.92. The molecule has 56 heavy (non-hydrogen) atoms. The summed E-state index contributed by atoms with van der Waals surface area (Å²) < 4.78 is 26.9. The summed E-state index contributed by atoms with van der Waals surface area (Å²) in [5, 5.41) is 22.6. The molecule has 1 aromatic heterocycles. The summed E-state index contributed by atoms with van der Waals surface area (Å²) in [7, 11) is 0. The van der Waals surface area contributed by atoms with Crippen LogP contribution < -0.4 is 0 Å². The summed E-state index contributed by atoms with van der Waals surface area (Å²) in [6, 6.07) is 59.3. The van der Waals surface area contributed by atoms with Gasteiger partial charge in [0.1, 0.15) is 24.4 Å². The highest BCUT2D eigenvalue weighted by Crippen LogP contribution is 2.37. The molecule has 0 aliphatic rings. The lowest BCUT2D eigenvalue weighted by Gasteiger charge is -2.37. The Morgan fingerprint density at radius 1 is 0.536 bits per heavy atom. The van der Waals surface area contributed by atoms with E-state index < -0.39 is 24.4 Å². The number of aliphatic hydroxyl groups excluding tert-OH is 1. The first-order valence-electron chi connectivity index (χ1n) is 18.8. The number of ether oxygens (including phenoxy) is 4. The fourth-order valence-corrected chi connectivity index (χ4v) is 6.70. The predicted molar refractivity (Wildman–Crippen MR) is 218 cm³/mol. The lowest BCUT2D eigenvalue weighted by molar-refractivity contribution is -0.189. The van der Waals surface area contributed by atoms with E-state index in [4.69, 9.17) is 23.9 Å². The van der Waals surface area contributed by atoms with Gasteiger partial charge in [-0.1, -0.05) is 152 Å². The number of aliphatic hydroxyl groups is 1. The number of aromatic nitrogens is 1. The molecule has 0 amide bonds. The molecule has 7 nitrogen and oxygen atoms in total. The van der Waals surface area contributed by atoms with E-state index in [1.54, 1.807) is 12.1 Å². The summed E-state index contributed by atoms with van der Waals surface area (Å²) in [4.78, 5) is 5.06. The standard InChI is InChI=1S/C49H44N2O5/c50-30-36-25-27-41(28-26-36)45-29-43(42-23-13-14-24-44(42)51-45)47(54-32-38-17-7-2-8-18-38)49(56-34-40-21-11-4-12-22-40)48(55-33-39-19-9-3-10-20-39)46(52)35-53-31-37-15-5-1-6-16-37/h1-29,46-49,52H,31-35H2/t46-,47+,48-,49-/m1/s1. The number of hydrogen-bond donors (Lipinski definition) is 1. The van der Waals surface area contributed by atoms with Gasteiger partial charge < -0.3 is 24.1 Å². The van der Waals surface area contributed by atoms with Gasteiger partial charge in [0.15, 0.2) is 0 Å². The van der Waals surface area contributed by atoms with E-state index in [2.05, 4.69) is 6.07 Å². The van der Waals surface area contributed by atoms with Crippen LogP contribution in [0, 0.1) is 11.3 Å². The second-order valence-electron chi connectivity index (χ2n) is 13.6. The molecular formula is C49H44N2O5. The van der Waals surface area contributed by atoms with Gasteiger partial charge in [0, 0.05) is 10.9 Å². The minimum atomic E-state index is -1.10. The van der Waals surface area contributed by atoms with E-state index in [1.165, 1.54) is 0 Å². The number of para-hydroxylation sites is 1. The number of pyridine rings is 1. The van der Waals surface area contributed by atoms with Gasteiger partial charge in [-0.25, -0.2) is 4.98 Å². The van der Waals surface area contributed by atoms with E-state index in [0.717, 1.165) is 44.3 Å². The van der Waals surface area contributed by atoms with Crippen LogP contribution in [0.15, 0.2) is 176 Å². The molecule has 0 aliphatic heterocycles. The second-order valence-corrected chi connectivity index (χ2v) is 13.6. The Balaban J connectivity index is 1.34. The van der Waals surface area contributed by atoms with Crippen LogP contribution in [0.4, 0.5) is 0 Å². The fourth-order valence-electron chi connectivity index (χ4n) is 6.70. The smallest absolute Gasteiger partial charge is 0.117 e. The van der Waals surface area contributed by atoms with Crippen LogP contribution in [-0.2, 0) is 45.4 Å². The first kappa shape index (κ1) is 38.3. The number of nitrogens with zero attached hydrogens (tertiary/aromatic N) is 2. The zero-order valence-corrected chi connectivity index (χ0v) is 31.1. The van der Waals surface area contributed by atoms with E-state index in [9.17, 15) is 10.4 Å². The van der Waals surface area contributed by atoms with Crippen LogP contribution in [0.25, 0.3) is 22.2 Å². The van der Waals surface area contributed by atoms with Crippen molar-refractivity contribution in [1.82, 2.24) is 4.98 Å². The van der Waals surface area contributed by atoms with E-state index >= 15 is 0 Å². The summed E-state index contributed by atoms with van der Waals surface area (Å²) in [5.41, 5.74) is 7.64. The highest BCUT2D eigenvalue weighted by atomic mass is 16.6. The Morgan fingerprint density at radius 3 is 1.57 bits per heavy atom. The van der Waals surface area contributed by atoms with Gasteiger partial charge in [0.2, 0.25) is 0 Å². The Labute approximate surface area is 328 Å². The molecule has 0 unspecified atom stereocenters. The fraction of sp³-hybridized carbons (Fsp3) is 0.184. The predicted octanol–water partition coefficient (Wildman–Crippen LogP) is 9.78. The molecule has 0 spiro atoms. The first-order chi connectivity index (χ1) is 27.6. The molecule has 7 aromatic rings. The van der Waals surface area contributed by atoms with Crippen molar-refractivity contribution in [2.75, 3.05) is 6.61 Å². The van der Waals surface area contributed by atoms with Gasteiger partial charge in [-0.15, -0.1) is 0 Å². The van der Waals surface area contributed by atoms with Crippen LogP contribution in [-0.4, -0.2) is 35.0 Å². The van der Waals surface area contributed by atoms with Gasteiger partial charge >= 0.3 is 0 Å². The minimum absolute atomic E-state index is 0.00145. The minimum Gasteiger partial charge on any atom is -0.388 e. The van der Waals surface area contributed by atoms with Crippen molar-refractivity contribution in [3.05, 3.63) is 209 Å². The molecule has 0 saturated heterocycles. The summed E-state index contributed by atoms with van der Waals surface area (Å²) in [5.74, 6) is 0. The maximum Gasteiger partial charge on any atom is 0.117 e. The summed E-state index contributed by atoms with van der Waals surface area (Å²) in [6.45, 7) is 1.07. The van der Waals surface area contributed by atoms with Crippen LogP contribution in [0.2, 0.25) is 0 Å². The number of rotatable bonds is 18. The summed E-state index contributed by atoms with van der Waals surface area (Å²) in [6.07, 6.45) is -3.59. The molecular weight excluding hydrogens is 697 g/mol.